The fourth-order valence-electron chi connectivity index (χ4n) is 4.91. The highest BCUT2D eigenvalue weighted by atomic mass is 16.6. The van der Waals surface area contributed by atoms with Gasteiger partial charge in [0.25, 0.3) is 0 Å². The van der Waals surface area contributed by atoms with Gasteiger partial charge in [0.2, 0.25) is 11.8 Å². The molecule has 0 saturated heterocycles. The molecular formula is C40H42N4O8. The number of methoxy groups -OCH3 is 2. The zero-order valence-corrected chi connectivity index (χ0v) is 29.2. The average molecular weight is 707 g/mol. The molecule has 0 saturated carbocycles. The lowest BCUT2D eigenvalue weighted by Crippen LogP contribution is -2.17. The van der Waals surface area contributed by atoms with Gasteiger partial charge in [-0.05, 0) is 84.6 Å². The lowest BCUT2D eigenvalue weighted by molar-refractivity contribution is -0.122. The normalized spacial score (nSPS) is 10.9. The van der Waals surface area contributed by atoms with Gasteiger partial charge in [-0.3, -0.25) is 9.59 Å². The lowest BCUT2D eigenvalue weighted by atomic mass is 10.1. The minimum Gasteiger partial charge on any atom is -0.493 e. The summed E-state index contributed by atoms with van der Waals surface area (Å²) < 4.78 is 21.6. The van der Waals surface area contributed by atoms with E-state index in [4.69, 9.17) is 18.9 Å². The summed E-state index contributed by atoms with van der Waals surface area (Å²) in [6.45, 7) is 0. The Morgan fingerprint density at radius 2 is 0.904 bits per heavy atom. The standard InChI is InChI=1S/C40H42N4O8/c1-49-35-25-29(21-23-33(35)51-39(47)31-15-9-7-10-16-31)27-41-43-37(45)19-13-5-3-4-6-14-20-38(46)44-42-28-30-22-24-34(36(26-30)50-2)52-40(48)32-17-11-8-12-18-32/h7-12,15-18,21-28H,3-6,13-14,19-20H2,1-2H3,(H,43,45)(H,44,46). The molecule has 0 heterocycles. The van der Waals surface area contributed by atoms with E-state index in [1.54, 1.807) is 84.9 Å². The summed E-state index contributed by atoms with van der Waals surface area (Å²) >= 11 is 0. The molecule has 4 rings (SSSR count). The van der Waals surface area contributed by atoms with Gasteiger partial charge in [0.15, 0.2) is 23.0 Å². The van der Waals surface area contributed by atoms with Gasteiger partial charge in [-0.25, -0.2) is 20.4 Å². The van der Waals surface area contributed by atoms with Gasteiger partial charge in [0.05, 0.1) is 37.8 Å². The fraction of sp³-hybridized carbons (Fsp3) is 0.250. The monoisotopic (exact) mass is 706 g/mol. The molecule has 12 nitrogen and oxygen atoms in total. The maximum Gasteiger partial charge on any atom is 0.343 e. The predicted octanol–water partition coefficient (Wildman–Crippen LogP) is 6.86. The third kappa shape index (κ3) is 12.9. The van der Waals surface area contributed by atoms with Crippen LogP contribution >= 0.6 is 0 Å². The second-order valence-electron chi connectivity index (χ2n) is 11.5. The average Bonchev–Trinajstić information content (AvgIpc) is 3.17. The Morgan fingerprint density at radius 1 is 0.519 bits per heavy atom. The highest BCUT2D eigenvalue weighted by Crippen LogP contribution is 2.29. The van der Waals surface area contributed by atoms with E-state index in [1.807, 2.05) is 12.1 Å². The number of esters is 2. The second-order valence-corrected chi connectivity index (χ2v) is 11.5. The molecule has 0 aliphatic rings. The van der Waals surface area contributed by atoms with Crippen molar-refractivity contribution in [3.05, 3.63) is 119 Å². The zero-order valence-electron chi connectivity index (χ0n) is 29.2. The minimum absolute atomic E-state index is 0.185. The first kappa shape index (κ1) is 38.5. The molecule has 0 bridgehead atoms. The molecule has 0 aliphatic carbocycles. The van der Waals surface area contributed by atoms with Gasteiger partial charge in [0, 0.05) is 12.8 Å². The van der Waals surface area contributed by atoms with Crippen molar-refractivity contribution >= 4 is 36.2 Å². The van der Waals surface area contributed by atoms with Crippen LogP contribution in [0.25, 0.3) is 0 Å². The number of hydrazone groups is 2. The smallest absolute Gasteiger partial charge is 0.343 e. The number of hydrogen-bond donors (Lipinski definition) is 2. The van der Waals surface area contributed by atoms with Crippen LogP contribution in [-0.4, -0.2) is 50.4 Å². The predicted molar refractivity (Wildman–Crippen MR) is 197 cm³/mol. The van der Waals surface area contributed by atoms with Crippen LogP contribution in [0, 0.1) is 0 Å². The summed E-state index contributed by atoms with van der Waals surface area (Å²) in [7, 11) is 2.95. The van der Waals surface area contributed by atoms with Crippen molar-refractivity contribution in [3.8, 4) is 23.0 Å². The van der Waals surface area contributed by atoms with Crippen molar-refractivity contribution in [1.29, 1.82) is 0 Å². The number of ether oxygens (including phenoxy) is 4. The van der Waals surface area contributed by atoms with Gasteiger partial charge in [-0.2, -0.15) is 10.2 Å². The second kappa shape index (κ2) is 21.0. The van der Waals surface area contributed by atoms with Gasteiger partial charge in [0.1, 0.15) is 0 Å². The van der Waals surface area contributed by atoms with Crippen molar-refractivity contribution in [1.82, 2.24) is 10.9 Å². The quantitative estimate of drug-likeness (QED) is 0.0352. The molecule has 0 atom stereocenters. The van der Waals surface area contributed by atoms with E-state index in [1.165, 1.54) is 26.6 Å². The maximum atomic E-state index is 12.4. The molecule has 0 radical (unpaired) electrons. The zero-order chi connectivity index (χ0) is 37.0. The van der Waals surface area contributed by atoms with Crippen LogP contribution < -0.4 is 29.8 Å². The summed E-state index contributed by atoms with van der Waals surface area (Å²) in [6.07, 6.45) is 8.83. The highest BCUT2D eigenvalue weighted by molar-refractivity contribution is 5.92. The Balaban J connectivity index is 1.05. The number of rotatable bonds is 19. The summed E-state index contributed by atoms with van der Waals surface area (Å²) in [4.78, 5) is 49.1. The van der Waals surface area contributed by atoms with Crippen LogP contribution in [0.15, 0.2) is 107 Å². The number of carbonyl (C=O) groups excluding carboxylic acids is 4. The summed E-state index contributed by atoms with van der Waals surface area (Å²) in [6, 6.07) is 27.3. The maximum absolute atomic E-state index is 12.4. The molecule has 12 heteroatoms. The topological polar surface area (TPSA) is 154 Å². The molecule has 2 N–H and O–H groups in total. The molecule has 4 aromatic carbocycles. The van der Waals surface area contributed by atoms with Crippen LogP contribution in [0.4, 0.5) is 0 Å². The van der Waals surface area contributed by atoms with E-state index >= 15 is 0 Å². The van der Waals surface area contributed by atoms with Crippen molar-refractivity contribution < 1.29 is 38.1 Å². The van der Waals surface area contributed by atoms with Crippen molar-refractivity contribution in [2.45, 2.75) is 51.4 Å². The molecule has 4 aromatic rings. The molecule has 52 heavy (non-hydrogen) atoms. The van der Waals surface area contributed by atoms with Gasteiger partial charge in [-0.15, -0.1) is 0 Å². The number of unbranched alkanes of at least 4 members (excludes halogenated alkanes) is 5. The summed E-state index contributed by atoms with van der Waals surface area (Å²) in [5.41, 5.74) is 7.24. The first-order chi connectivity index (χ1) is 25.4. The number of amides is 2. The molecule has 0 fully saturated rings. The number of hydrogen-bond acceptors (Lipinski definition) is 10. The third-order valence-electron chi connectivity index (χ3n) is 7.66. The van der Waals surface area contributed by atoms with E-state index < -0.39 is 11.9 Å². The Kier molecular flexibility index (Phi) is 15.6. The van der Waals surface area contributed by atoms with E-state index in [0.29, 0.717) is 46.6 Å². The molecule has 2 amide bonds. The number of carbonyl (C=O) groups is 4. The molecule has 0 aromatic heterocycles. The summed E-state index contributed by atoms with van der Waals surface area (Å²) in [5.74, 6) is -0.0858. The number of nitrogens with zero attached hydrogens (tertiary/aromatic N) is 2. The highest BCUT2D eigenvalue weighted by Gasteiger charge is 2.14. The number of nitrogens with one attached hydrogen (secondary N) is 2. The Bertz CT molecular complexity index is 1710. The van der Waals surface area contributed by atoms with Gasteiger partial charge < -0.3 is 18.9 Å². The van der Waals surface area contributed by atoms with E-state index in [-0.39, 0.29) is 23.3 Å². The molecular weight excluding hydrogens is 664 g/mol. The fourth-order valence-corrected chi connectivity index (χ4v) is 4.91. The van der Waals surface area contributed by atoms with Crippen molar-refractivity contribution in [2.75, 3.05) is 14.2 Å². The van der Waals surface area contributed by atoms with E-state index in [0.717, 1.165) is 38.5 Å². The molecule has 0 aliphatic heterocycles. The van der Waals surface area contributed by atoms with Gasteiger partial charge in [-0.1, -0.05) is 62.1 Å². The van der Waals surface area contributed by atoms with Crippen LogP contribution in [0.1, 0.15) is 83.2 Å². The first-order valence-electron chi connectivity index (χ1n) is 16.9. The SMILES string of the molecule is COc1cc(C=NNC(=O)CCCCCCCCC(=O)NN=Cc2ccc(OC(=O)c3ccccc3)c(OC)c2)ccc1OC(=O)c1ccccc1. The molecule has 270 valence electrons. The molecule has 0 spiro atoms. The van der Waals surface area contributed by atoms with Crippen molar-refractivity contribution in [2.24, 2.45) is 10.2 Å². The third-order valence-corrected chi connectivity index (χ3v) is 7.66. The van der Waals surface area contributed by atoms with Crippen LogP contribution in [0.3, 0.4) is 0 Å². The van der Waals surface area contributed by atoms with Crippen LogP contribution in [0.2, 0.25) is 0 Å². The first-order valence-corrected chi connectivity index (χ1v) is 16.9. The minimum atomic E-state index is -0.494. The van der Waals surface area contributed by atoms with Gasteiger partial charge >= 0.3 is 11.9 Å². The van der Waals surface area contributed by atoms with Crippen LogP contribution in [0.5, 0.6) is 23.0 Å². The lowest BCUT2D eigenvalue weighted by Gasteiger charge is -2.10. The van der Waals surface area contributed by atoms with Crippen LogP contribution in [-0.2, 0) is 9.59 Å². The summed E-state index contributed by atoms with van der Waals surface area (Å²) in [5, 5.41) is 8.04. The largest absolute Gasteiger partial charge is 0.493 e. The van der Waals surface area contributed by atoms with E-state index in [2.05, 4.69) is 21.1 Å². The Morgan fingerprint density at radius 3 is 1.29 bits per heavy atom. The Hall–Kier alpha value is -6.30. The molecule has 0 unspecified atom stereocenters. The van der Waals surface area contributed by atoms with Crippen molar-refractivity contribution in [3.63, 3.8) is 0 Å². The van der Waals surface area contributed by atoms with E-state index in [9.17, 15) is 19.2 Å². The Labute approximate surface area is 302 Å². The number of benzene rings is 4.